The Labute approximate surface area is 101 Å². The van der Waals surface area contributed by atoms with E-state index < -0.39 is 0 Å². The first-order valence-corrected chi connectivity index (χ1v) is 5.91. The second-order valence-corrected chi connectivity index (χ2v) is 4.51. The van der Waals surface area contributed by atoms with Gasteiger partial charge < -0.3 is 0 Å². The average molecular weight is 248 g/mol. The average Bonchev–Trinajstić information content (AvgIpc) is 2.82. The maximum absolute atomic E-state index is 5.92. The molecule has 0 spiro atoms. The van der Waals surface area contributed by atoms with Gasteiger partial charge in [-0.05, 0) is 17.5 Å². The highest BCUT2D eigenvalue weighted by atomic mass is 35.5. The summed E-state index contributed by atoms with van der Waals surface area (Å²) < 4.78 is 0. The van der Waals surface area contributed by atoms with E-state index in [2.05, 4.69) is 15.0 Å². The van der Waals surface area contributed by atoms with Gasteiger partial charge in [-0.2, -0.15) is 0 Å². The fraction of sp³-hybridized carbons (Fsp3) is 0. The lowest BCUT2D eigenvalue weighted by Crippen LogP contribution is -1.89. The third-order valence-electron chi connectivity index (χ3n) is 2.19. The van der Waals surface area contributed by atoms with Gasteiger partial charge in [0, 0.05) is 6.20 Å². The van der Waals surface area contributed by atoms with E-state index in [4.69, 9.17) is 11.6 Å². The quantitative estimate of drug-likeness (QED) is 0.619. The molecule has 0 amide bonds. The molecule has 0 bridgehead atoms. The highest BCUT2D eigenvalue weighted by Gasteiger charge is 2.06. The maximum atomic E-state index is 5.92. The molecule has 5 heteroatoms. The van der Waals surface area contributed by atoms with Crippen molar-refractivity contribution >= 4 is 34.0 Å². The minimum Gasteiger partial charge on any atom is -0.249 e. The van der Waals surface area contributed by atoms with Gasteiger partial charge in [0.15, 0.2) is 5.15 Å². The normalized spacial score (nSPS) is 10.8. The molecule has 3 aromatic heterocycles. The van der Waals surface area contributed by atoms with Gasteiger partial charge in [0.1, 0.15) is 5.52 Å². The molecule has 3 aromatic rings. The van der Waals surface area contributed by atoms with Gasteiger partial charge in [-0.1, -0.05) is 17.7 Å². The smallest absolute Gasteiger partial charge is 0.156 e. The van der Waals surface area contributed by atoms with Crippen LogP contribution in [0, 0.1) is 0 Å². The summed E-state index contributed by atoms with van der Waals surface area (Å²) in [6, 6.07) is 5.82. The number of hydrogen-bond acceptors (Lipinski definition) is 4. The molecular weight excluding hydrogens is 242 g/mol. The van der Waals surface area contributed by atoms with Crippen molar-refractivity contribution in [1.82, 2.24) is 15.0 Å². The Morgan fingerprint density at radius 3 is 2.94 bits per heavy atom. The molecule has 16 heavy (non-hydrogen) atoms. The van der Waals surface area contributed by atoms with E-state index in [1.807, 2.05) is 23.6 Å². The third kappa shape index (κ3) is 1.56. The molecule has 78 valence electrons. The Morgan fingerprint density at radius 2 is 2.12 bits per heavy atom. The van der Waals surface area contributed by atoms with Crippen molar-refractivity contribution in [3.8, 4) is 10.6 Å². The molecule has 0 aliphatic rings. The molecule has 3 heterocycles. The van der Waals surface area contributed by atoms with E-state index in [1.54, 1.807) is 23.7 Å². The van der Waals surface area contributed by atoms with Crippen LogP contribution in [0.4, 0.5) is 0 Å². The number of nitrogens with zero attached hydrogens (tertiary/aromatic N) is 3. The Kier molecular flexibility index (Phi) is 2.31. The number of thiophene rings is 1. The van der Waals surface area contributed by atoms with Crippen LogP contribution in [0.15, 0.2) is 36.0 Å². The lowest BCUT2D eigenvalue weighted by atomic mass is 10.3. The van der Waals surface area contributed by atoms with Crippen LogP contribution in [0.1, 0.15) is 0 Å². The molecule has 0 atom stereocenters. The summed E-state index contributed by atoms with van der Waals surface area (Å²) in [6.07, 6.45) is 3.36. The van der Waals surface area contributed by atoms with Crippen molar-refractivity contribution in [2.75, 3.05) is 0 Å². The molecule has 0 saturated carbocycles. The monoisotopic (exact) mass is 247 g/mol. The number of fused-ring (bicyclic) bond motifs is 1. The van der Waals surface area contributed by atoms with E-state index in [1.165, 1.54) is 0 Å². The first kappa shape index (κ1) is 9.69. The lowest BCUT2D eigenvalue weighted by Gasteiger charge is -2.00. The van der Waals surface area contributed by atoms with Crippen LogP contribution in [0.25, 0.3) is 21.6 Å². The second kappa shape index (κ2) is 3.81. The Morgan fingerprint density at radius 1 is 1.19 bits per heavy atom. The van der Waals surface area contributed by atoms with Gasteiger partial charge in [0.2, 0.25) is 0 Å². The molecule has 0 aliphatic heterocycles. The van der Waals surface area contributed by atoms with Crippen LogP contribution in [-0.4, -0.2) is 15.0 Å². The first-order chi connectivity index (χ1) is 7.84. The van der Waals surface area contributed by atoms with E-state index in [0.717, 1.165) is 16.1 Å². The van der Waals surface area contributed by atoms with Crippen LogP contribution >= 0.6 is 22.9 Å². The molecule has 0 saturated heterocycles. The van der Waals surface area contributed by atoms with Gasteiger partial charge in [-0.25, -0.2) is 15.0 Å². The standard InChI is InChI=1S/C11H6ClN3S/c12-11-10-7(3-4-13-11)15-8(6-14-10)9-2-1-5-16-9/h1-6H. The van der Waals surface area contributed by atoms with Crippen molar-refractivity contribution < 1.29 is 0 Å². The lowest BCUT2D eigenvalue weighted by molar-refractivity contribution is 1.25. The van der Waals surface area contributed by atoms with Crippen LogP contribution in [-0.2, 0) is 0 Å². The summed E-state index contributed by atoms with van der Waals surface area (Å²) in [5.41, 5.74) is 2.28. The SMILES string of the molecule is Clc1nccc2nc(-c3cccs3)cnc12. The molecular formula is C11H6ClN3S. The van der Waals surface area contributed by atoms with Crippen LogP contribution in [0.5, 0.6) is 0 Å². The molecule has 0 aromatic carbocycles. The largest absolute Gasteiger partial charge is 0.249 e. The van der Waals surface area contributed by atoms with Gasteiger partial charge >= 0.3 is 0 Å². The van der Waals surface area contributed by atoms with Crippen molar-refractivity contribution in [3.05, 3.63) is 41.1 Å². The highest BCUT2D eigenvalue weighted by Crippen LogP contribution is 2.25. The number of rotatable bonds is 1. The Balaban J connectivity index is 2.24. The number of hydrogen-bond donors (Lipinski definition) is 0. The molecule has 0 fully saturated rings. The van der Waals surface area contributed by atoms with Crippen molar-refractivity contribution in [2.45, 2.75) is 0 Å². The number of aromatic nitrogens is 3. The number of halogens is 1. The minimum absolute atomic E-state index is 0.391. The Bertz CT molecular complexity index is 637. The molecule has 0 aliphatic carbocycles. The van der Waals surface area contributed by atoms with Crippen molar-refractivity contribution in [3.63, 3.8) is 0 Å². The zero-order valence-electron chi connectivity index (χ0n) is 8.09. The second-order valence-electron chi connectivity index (χ2n) is 3.20. The van der Waals surface area contributed by atoms with Crippen molar-refractivity contribution in [1.29, 1.82) is 0 Å². The summed E-state index contributed by atoms with van der Waals surface area (Å²) >= 11 is 7.56. The van der Waals surface area contributed by atoms with Gasteiger partial charge in [-0.3, -0.25) is 0 Å². The fourth-order valence-electron chi connectivity index (χ4n) is 1.46. The van der Waals surface area contributed by atoms with E-state index >= 15 is 0 Å². The van der Waals surface area contributed by atoms with Crippen LogP contribution in [0.3, 0.4) is 0 Å². The zero-order chi connectivity index (χ0) is 11.0. The predicted molar refractivity (Wildman–Crippen MR) is 65.7 cm³/mol. The molecule has 3 rings (SSSR count). The van der Waals surface area contributed by atoms with Crippen LogP contribution in [0.2, 0.25) is 5.15 Å². The summed E-state index contributed by atoms with van der Waals surface area (Å²) in [5.74, 6) is 0. The summed E-state index contributed by atoms with van der Waals surface area (Å²) in [5, 5.41) is 2.41. The summed E-state index contributed by atoms with van der Waals surface area (Å²) in [6.45, 7) is 0. The fourth-order valence-corrected chi connectivity index (χ4v) is 2.34. The van der Waals surface area contributed by atoms with E-state index in [-0.39, 0.29) is 0 Å². The highest BCUT2D eigenvalue weighted by molar-refractivity contribution is 7.13. The first-order valence-electron chi connectivity index (χ1n) is 4.66. The molecule has 0 N–H and O–H groups in total. The molecule has 0 unspecified atom stereocenters. The predicted octanol–water partition coefficient (Wildman–Crippen LogP) is 3.41. The molecule has 3 nitrogen and oxygen atoms in total. The van der Waals surface area contributed by atoms with Crippen molar-refractivity contribution in [2.24, 2.45) is 0 Å². The topological polar surface area (TPSA) is 38.7 Å². The van der Waals surface area contributed by atoms with E-state index in [9.17, 15) is 0 Å². The zero-order valence-corrected chi connectivity index (χ0v) is 9.66. The third-order valence-corrected chi connectivity index (χ3v) is 3.36. The van der Waals surface area contributed by atoms with E-state index in [0.29, 0.717) is 10.7 Å². The summed E-state index contributed by atoms with van der Waals surface area (Å²) in [7, 11) is 0. The minimum atomic E-state index is 0.391. The summed E-state index contributed by atoms with van der Waals surface area (Å²) in [4.78, 5) is 13.9. The van der Waals surface area contributed by atoms with Gasteiger partial charge in [0.05, 0.1) is 22.3 Å². The van der Waals surface area contributed by atoms with Crippen LogP contribution < -0.4 is 0 Å². The number of pyridine rings is 1. The molecule has 0 radical (unpaired) electrons. The van der Waals surface area contributed by atoms with Gasteiger partial charge in [0.25, 0.3) is 0 Å². The Hall–Kier alpha value is -1.52. The van der Waals surface area contributed by atoms with Gasteiger partial charge in [-0.15, -0.1) is 11.3 Å². The maximum Gasteiger partial charge on any atom is 0.156 e.